The van der Waals surface area contributed by atoms with Gasteiger partial charge in [0.05, 0.1) is 41.3 Å². The number of carbonyl (C=O) groups excluding carboxylic acids is 1. The highest BCUT2D eigenvalue weighted by molar-refractivity contribution is 7.90. The van der Waals surface area contributed by atoms with Crippen LogP contribution in [-0.4, -0.2) is 124 Å². The van der Waals surface area contributed by atoms with Crippen molar-refractivity contribution in [2.24, 2.45) is 11.3 Å². The summed E-state index contributed by atoms with van der Waals surface area (Å²) in [5, 5.41) is 29.5. The maximum atomic E-state index is 15.0. The number of nitro groups is 1. The zero-order chi connectivity index (χ0) is 57.1. The molecule has 12 rings (SSSR count). The number of halogens is 1. The Morgan fingerprint density at radius 3 is 2.51 bits per heavy atom. The second-order valence-electron chi connectivity index (χ2n) is 24.3. The van der Waals surface area contributed by atoms with Gasteiger partial charge < -0.3 is 39.8 Å². The Kier molecular flexibility index (Phi) is 14.8. The van der Waals surface area contributed by atoms with Crippen LogP contribution in [0.25, 0.3) is 11.0 Å². The van der Waals surface area contributed by atoms with Crippen LogP contribution in [0.1, 0.15) is 130 Å². The van der Waals surface area contributed by atoms with Crippen molar-refractivity contribution in [3.05, 3.63) is 117 Å². The molecular formula is C60H72FN11O9S. The van der Waals surface area contributed by atoms with E-state index >= 15 is 0 Å². The second-order valence-corrected chi connectivity index (χ2v) is 26.0. The summed E-state index contributed by atoms with van der Waals surface area (Å²) in [7, 11) is -3.38. The number of piperidine rings is 1. The van der Waals surface area contributed by atoms with E-state index in [0.29, 0.717) is 44.2 Å². The summed E-state index contributed by atoms with van der Waals surface area (Å²) in [6, 6.07) is 18.9. The molecule has 6 aromatic rings. The molecular weight excluding hydrogens is 1070 g/mol. The summed E-state index contributed by atoms with van der Waals surface area (Å²) < 4.78 is 63.4. The number of methoxy groups -OCH3 is 1. The molecule has 2 saturated heterocycles. The second kappa shape index (κ2) is 21.9. The summed E-state index contributed by atoms with van der Waals surface area (Å²) in [4.78, 5) is 48.7. The van der Waals surface area contributed by atoms with Gasteiger partial charge in [0.15, 0.2) is 5.75 Å². The Bertz CT molecular complexity index is 3510. The molecule has 0 radical (unpaired) electrons. The molecule has 5 N–H and O–H groups in total. The van der Waals surface area contributed by atoms with Gasteiger partial charge >= 0.3 is 5.69 Å². The van der Waals surface area contributed by atoms with Crippen molar-refractivity contribution < 1.29 is 41.8 Å². The number of hydrogen-bond acceptors (Lipinski definition) is 17. The fourth-order valence-electron chi connectivity index (χ4n) is 13.5. The van der Waals surface area contributed by atoms with Gasteiger partial charge in [0, 0.05) is 94.2 Å². The summed E-state index contributed by atoms with van der Waals surface area (Å²) >= 11 is 0. The zero-order valence-electron chi connectivity index (χ0n) is 46.9. The van der Waals surface area contributed by atoms with Crippen LogP contribution in [0.3, 0.4) is 0 Å². The minimum atomic E-state index is -4.75. The number of pyridine rings is 3. The standard InChI is InChI=1S/C60H72FN11O9S/c1-37(2)43-8-5-6-9-44(43)49-35-69(34-39-14-21-62-57-52(39)66-36-60(81-57)15-7-16-60)24-25-71(49)41-29-59(30-41)19-22-70(23-20-59)40-10-11-45(50(26-40)80-51-28-46-47(61)33-65-53(46)67-56(51)79-4)55(73)68-82(77,78)42-27-48(72(75)76)54(64-32-42)63-31-38-12-17-58(3,74)18-13-38/h5-6,8-11,14,21,26-28,32-33,37-38,41,49,66,74H,7,12-13,15-20,22-25,29-31,34-36H2,1-4H3,(H,63,64)(H,65,67)(H,68,73)/t38?,49-,58?/m0/s1. The molecule has 7 heterocycles. The SMILES string of the molecule is COc1nc2[nH]cc(F)c2cc1Oc1cc(N2CCC3(CC2)CC(N2CCN(Cc4ccnc5c4NCC4(CCC4)O5)C[C@H]2c2ccccc2C(C)C)C3)ccc1C(=O)NS(=O)(=O)c1cnc(NCC2CCC(C)(O)CC2)c([N+](=O)[O-])c1. The maximum absolute atomic E-state index is 15.0. The van der Waals surface area contributed by atoms with E-state index in [4.69, 9.17) is 14.2 Å². The van der Waals surface area contributed by atoms with Gasteiger partial charge in [-0.25, -0.2) is 27.5 Å². The number of ether oxygens (including phenoxy) is 3. The van der Waals surface area contributed by atoms with E-state index in [1.54, 1.807) is 19.1 Å². The minimum absolute atomic E-state index is 0.0155. The van der Waals surface area contributed by atoms with Crippen LogP contribution in [0.2, 0.25) is 0 Å². The van der Waals surface area contributed by atoms with Crippen LogP contribution >= 0.6 is 0 Å². The first-order valence-electron chi connectivity index (χ1n) is 28.8. The number of amides is 1. The van der Waals surface area contributed by atoms with Gasteiger partial charge in [0.2, 0.25) is 11.7 Å². The van der Waals surface area contributed by atoms with E-state index in [2.05, 4.69) is 94.2 Å². The number of aliphatic hydroxyl groups is 1. The molecule has 3 aliphatic carbocycles. The van der Waals surface area contributed by atoms with Gasteiger partial charge in [-0.3, -0.25) is 24.7 Å². The molecule has 2 spiro atoms. The number of carbonyl (C=O) groups is 1. The lowest BCUT2D eigenvalue weighted by atomic mass is 9.59. The quantitative estimate of drug-likeness (QED) is 0.0447. The minimum Gasteiger partial charge on any atom is -0.478 e. The number of H-pyrrole nitrogens is 1. The summed E-state index contributed by atoms with van der Waals surface area (Å²) in [5.74, 6) is -0.661. The lowest BCUT2D eigenvalue weighted by molar-refractivity contribution is -0.384. The molecule has 3 aliphatic heterocycles. The average Bonchev–Trinajstić information content (AvgIpc) is 3.89. The predicted molar refractivity (Wildman–Crippen MR) is 308 cm³/mol. The summed E-state index contributed by atoms with van der Waals surface area (Å²) in [6.07, 6.45) is 14.0. The third kappa shape index (κ3) is 11.0. The maximum Gasteiger partial charge on any atom is 0.312 e. The summed E-state index contributed by atoms with van der Waals surface area (Å²) in [6.45, 7) is 12.5. The van der Waals surface area contributed by atoms with Crippen LogP contribution in [0, 0.1) is 27.3 Å². The average molecular weight is 1140 g/mol. The Labute approximate surface area is 476 Å². The van der Waals surface area contributed by atoms with Crippen molar-refractivity contribution in [2.75, 3.05) is 68.5 Å². The molecule has 6 aliphatic rings. The number of aromatic nitrogens is 4. The van der Waals surface area contributed by atoms with Crippen molar-refractivity contribution in [1.29, 1.82) is 0 Å². The first kappa shape index (κ1) is 55.4. The zero-order valence-corrected chi connectivity index (χ0v) is 47.7. The highest BCUT2D eigenvalue weighted by Gasteiger charge is 2.50. The molecule has 0 unspecified atom stereocenters. The largest absolute Gasteiger partial charge is 0.478 e. The van der Waals surface area contributed by atoms with Gasteiger partial charge in [0.1, 0.15) is 33.4 Å². The molecule has 0 bridgehead atoms. The number of hydrogen-bond donors (Lipinski definition) is 5. The highest BCUT2D eigenvalue weighted by Crippen LogP contribution is 2.54. The van der Waals surface area contributed by atoms with E-state index in [0.717, 1.165) is 120 Å². The number of anilines is 3. The van der Waals surface area contributed by atoms with Gasteiger partial charge in [-0.2, -0.15) is 4.98 Å². The molecule has 82 heavy (non-hydrogen) atoms. The number of nitrogens with one attached hydrogen (secondary N) is 4. The van der Waals surface area contributed by atoms with Gasteiger partial charge in [-0.05, 0) is 130 Å². The first-order valence-corrected chi connectivity index (χ1v) is 30.3. The van der Waals surface area contributed by atoms with Crippen molar-refractivity contribution in [2.45, 2.75) is 132 Å². The number of aromatic amines is 1. The third-order valence-corrected chi connectivity index (χ3v) is 19.8. The van der Waals surface area contributed by atoms with Crippen molar-refractivity contribution in [1.82, 2.24) is 34.5 Å². The molecule has 2 aromatic carbocycles. The van der Waals surface area contributed by atoms with E-state index < -0.39 is 42.9 Å². The molecule has 5 fully saturated rings. The molecule has 1 amide bonds. The fourth-order valence-corrected chi connectivity index (χ4v) is 14.4. The smallest absolute Gasteiger partial charge is 0.312 e. The van der Waals surface area contributed by atoms with Crippen LogP contribution in [0.5, 0.6) is 23.3 Å². The van der Waals surface area contributed by atoms with Crippen LogP contribution < -0.4 is 34.5 Å². The number of nitrogens with zero attached hydrogens (tertiary/aromatic N) is 7. The van der Waals surface area contributed by atoms with Gasteiger partial charge in [-0.15, -0.1) is 0 Å². The Morgan fingerprint density at radius 2 is 1.78 bits per heavy atom. The molecule has 434 valence electrons. The Hall–Kier alpha value is -7.14. The Balaban J connectivity index is 0.751. The molecule has 1 atom stereocenters. The molecule has 20 nitrogen and oxygen atoms in total. The van der Waals surface area contributed by atoms with E-state index in [1.165, 1.54) is 42.4 Å². The first-order chi connectivity index (χ1) is 39.4. The van der Waals surface area contributed by atoms with E-state index in [1.807, 2.05) is 6.20 Å². The molecule has 22 heteroatoms. The van der Waals surface area contributed by atoms with Crippen molar-refractivity contribution in [3.63, 3.8) is 0 Å². The normalized spacial score (nSPS) is 22.6. The van der Waals surface area contributed by atoms with Crippen molar-refractivity contribution in [3.8, 4) is 23.3 Å². The van der Waals surface area contributed by atoms with Gasteiger partial charge in [-0.1, -0.05) is 38.1 Å². The van der Waals surface area contributed by atoms with Gasteiger partial charge in [0.25, 0.3) is 21.8 Å². The van der Waals surface area contributed by atoms with E-state index in [-0.39, 0.29) is 62.8 Å². The highest BCUT2D eigenvalue weighted by atomic mass is 32.2. The van der Waals surface area contributed by atoms with Crippen LogP contribution in [0.4, 0.5) is 27.3 Å². The number of piperazine rings is 1. The van der Waals surface area contributed by atoms with Crippen LogP contribution in [0.15, 0.2) is 84.1 Å². The van der Waals surface area contributed by atoms with Crippen molar-refractivity contribution >= 4 is 49.8 Å². The lowest BCUT2D eigenvalue weighted by Gasteiger charge is -2.58. The van der Waals surface area contributed by atoms with Crippen LogP contribution in [-0.2, 0) is 16.6 Å². The number of benzene rings is 2. The topological polar surface area (TPSA) is 243 Å². The third-order valence-electron chi connectivity index (χ3n) is 18.5. The number of fused-ring (bicyclic) bond motifs is 2. The summed E-state index contributed by atoms with van der Waals surface area (Å²) in [5.41, 5.74) is 4.47. The fraction of sp³-hybridized carbons (Fsp3) is 0.500. The lowest BCUT2D eigenvalue weighted by Crippen LogP contribution is -2.60. The Morgan fingerprint density at radius 1 is 1.00 bits per heavy atom. The predicted octanol–water partition coefficient (Wildman–Crippen LogP) is 9.83. The van der Waals surface area contributed by atoms with E-state index in [9.17, 15) is 32.8 Å². The molecule has 4 aromatic heterocycles. The number of sulfonamides is 1. The molecule has 3 saturated carbocycles. The number of rotatable bonds is 16. The monoisotopic (exact) mass is 1140 g/mol.